The van der Waals surface area contributed by atoms with Crippen LogP contribution >= 0.6 is 11.6 Å². The molecule has 0 saturated heterocycles. The topological polar surface area (TPSA) is 92.0 Å². The van der Waals surface area contributed by atoms with Crippen LogP contribution in [0.1, 0.15) is 28.1 Å². The third-order valence-corrected chi connectivity index (χ3v) is 6.57. The van der Waals surface area contributed by atoms with Crippen LogP contribution < -0.4 is 9.47 Å². The van der Waals surface area contributed by atoms with E-state index in [9.17, 15) is 13.2 Å². The molecule has 1 aromatic heterocycles. The van der Waals surface area contributed by atoms with Crippen LogP contribution in [0.2, 0.25) is 5.02 Å². The Labute approximate surface area is 184 Å². The molecule has 0 aliphatic carbocycles. The van der Waals surface area contributed by atoms with Crippen LogP contribution in [0.3, 0.4) is 0 Å². The summed E-state index contributed by atoms with van der Waals surface area (Å²) in [5.41, 5.74) is 0.832. The van der Waals surface area contributed by atoms with E-state index in [0.717, 1.165) is 6.42 Å². The number of carbonyl (C=O) groups excluding carboxylic acids is 1. The Hall–Kier alpha value is -2.97. The zero-order chi connectivity index (χ0) is 21.8. The molecular weight excluding hydrogens is 444 g/mol. The Morgan fingerprint density at radius 1 is 1.06 bits per heavy atom. The quantitative estimate of drug-likeness (QED) is 0.500. The number of benzene rings is 2. The Balaban J connectivity index is 1.47. The van der Waals surface area contributed by atoms with Crippen molar-refractivity contribution in [2.75, 3.05) is 13.2 Å². The number of halogens is 1. The van der Waals surface area contributed by atoms with Crippen LogP contribution in [0.5, 0.6) is 11.5 Å². The summed E-state index contributed by atoms with van der Waals surface area (Å²) < 4.78 is 47.0. The van der Waals surface area contributed by atoms with Crippen molar-refractivity contribution in [2.24, 2.45) is 0 Å². The van der Waals surface area contributed by atoms with E-state index in [4.69, 9.17) is 30.2 Å². The first-order valence-corrected chi connectivity index (χ1v) is 11.6. The number of esters is 1. The lowest BCUT2D eigenvalue weighted by atomic mass is 10.2. The van der Waals surface area contributed by atoms with Crippen molar-refractivity contribution in [1.82, 2.24) is 0 Å². The maximum Gasteiger partial charge on any atom is 0.374 e. The molecule has 9 heteroatoms. The second-order valence-corrected chi connectivity index (χ2v) is 9.28. The maximum atomic E-state index is 12.6. The molecule has 0 atom stereocenters. The minimum Gasteiger partial charge on any atom is -0.489 e. The van der Waals surface area contributed by atoms with Crippen LogP contribution in [-0.4, -0.2) is 27.6 Å². The number of rotatable bonds is 6. The summed E-state index contributed by atoms with van der Waals surface area (Å²) in [5.74, 6) is -0.350. The van der Waals surface area contributed by atoms with E-state index in [1.807, 2.05) is 0 Å². The number of hydrogen-bond donors (Lipinski definition) is 0. The van der Waals surface area contributed by atoms with Gasteiger partial charge in [0.25, 0.3) is 0 Å². The van der Waals surface area contributed by atoms with Crippen molar-refractivity contribution >= 4 is 27.4 Å². The van der Waals surface area contributed by atoms with Crippen molar-refractivity contribution in [3.05, 3.63) is 76.7 Å². The van der Waals surface area contributed by atoms with Gasteiger partial charge in [-0.05, 0) is 35.9 Å². The molecule has 0 radical (unpaired) electrons. The lowest BCUT2D eigenvalue weighted by Gasteiger charge is -2.12. The van der Waals surface area contributed by atoms with E-state index >= 15 is 0 Å². The zero-order valence-corrected chi connectivity index (χ0v) is 17.9. The molecule has 1 aliphatic heterocycles. The number of ether oxygens (including phenoxy) is 3. The van der Waals surface area contributed by atoms with Gasteiger partial charge in [-0.15, -0.1) is 0 Å². The molecule has 0 N–H and O–H groups in total. The van der Waals surface area contributed by atoms with Gasteiger partial charge in [-0.25, -0.2) is 13.2 Å². The van der Waals surface area contributed by atoms with Gasteiger partial charge in [0, 0.05) is 12.0 Å². The van der Waals surface area contributed by atoms with Crippen LogP contribution in [0.25, 0.3) is 0 Å². The number of fused-ring (bicyclic) bond motifs is 1. The summed E-state index contributed by atoms with van der Waals surface area (Å²) >= 11 is 6.26. The highest BCUT2D eigenvalue weighted by molar-refractivity contribution is 7.90. The molecule has 0 unspecified atom stereocenters. The highest BCUT2D eigenvalue weighted by Crippen LogP contribution is 2.38. The molecular formula is C22H19ClO7S. The Morgan fingerprint density at radius 2 is 1.84 bits per heavy atom. The van der Waals surface area contributed by atoms with E-state index in [-0.39, 0.29) is 28.6 Å². The number of furan rings is 1. The lowest BCUT2D eigenvalue weighted by Crippen LogP contribution is -2.10. The van der Waals surface area contributed by atoms with Crippen molar-refractivity contribution in [3.8, 4) is 11.5 Å². The predicted octanol–water partition coefficient (Wildman–Crippen LogP) is 4.43. The molecule has 2 aromatic carbocycles. The molecule has 4 rings (SSSR count). The highest BCUT2D eigenvalue weighted by Gasteiger charge is 2.24. The summed E-state index contributed by atoms with van der Waals surface area (Å²) in [6, 6.07) is 12.8. The fraction of sp³-hybridized carbons (Fsp3) is 0.227. The number of sulfone groups is 1. The van der Waals surface area contributed by atoms with Gasteiger partial charge in [0.2, 0.25) is 5.76 Å². The van der Waals surface area contributed by atoms with E-state index < -0.39 is 15.8 Å². The van der Waals surface area contributed by atoms with Gasteiger partial charge in [0.05, 0.1) is 35.1 Å². The van der Waals surface area contributed by atoms with E-state index in [1.54, 1.807) is 30.3 Å². The third-order valence-electron chi connectivity index (χ3n) is 4.61. The van der Waals surface area contributed by atoms with E-state index in [1.165, 1.54) is 24.5 Å². The normalized spacial score (nSPS) is 13.5. The molecule has 0 saturated carbocycles. The second-order valence-electron chi connectivity index (χ2n) is 6.88. The zero-order valence-electron chi connectivity index (χ0n) is 16.4. The second kappa shape index (κ2) is 9.03. The van der Waals surface area contributed by atoms with Gasteiger partial charge >= 0.3 is 5.97 Å². The fourth-order valence-corrected chi connectivity index (χ4v) is 4.79. The van der Waals surface area contributed by atoms with Gasteiger partial charge in [-0.1, -0.05) is 29.8 Å². The average molecular weight is 463 g/mol. The Morgan fingerprint density at radius 3 is 2.65 bits per heavy atom. The Kier molecular flexibility index (Phi) is 6.20. The van der Waals surface area contributed by atoms with Gasteiger partial charge in [0.15, 0.2) is 21.3 Å². The summed E-state index contributed by atoms with van der Waals surface area (Å²) in [4.78, 5) is 12.7. The monoisotopic (exact) mass is 462 g/mol. The SMILES string of the molecule is O=C(OCc1cc(Cl)c2c(c1)OCCCO2)c1occc1CS(=O)(=O)c1ccccc1. The average Bonchev–Trinajstić information content (AvgIpc) is 3.07. The van der Waals surface area contributed by atoms with E-state index in [0.29, 0.717) is 35.3 Å². The summed E-state index contributed by atoms with van der Waals surface area (Å²) in [6.07, 6.45) is 2.00. The van der Waals surface area contributed by atoms with Crippen LogP contribution in [-0.2, 0) is 26.9 Å². The molecule has 162 valence electrons. The fourth-order valence-electron chi connectivity index (χ4n) is 3.13. The van der Waals surface area contributed by atoms with Gasteiger partial charge in [0.1, 0.15) is 6.61 Å². The molecule has 0 amide bonds. The van der Waals surface area contributed by atoms with Crippen molar-refractivity contribution in [3.63, 3.8) is 0 Å². The predicted molar refractivity (Wildman–Crippen MR) is 112 cm³/mol. The maximum absolute atomic E-state index is 12.6. The standard InChI is InChI=1S/C22H19ClO7S/c23-18-11-15(12-19-21(18)28-9-4-8-27-19)13-30-22(24)20-16(7-10-29-20)14-31(25,26)17-5-2-1-3-6-17/h1-3,5-7,10-12H,4,8-9,13-14H2. The molecule has 0 bridgehead atoms. The first-order chi connectivity index (χ1) is 14.9. The minimum atomic E-state index is -3.64. The largest absolute Gasteiger partial charge is 0.489 e. The molecule has 0 fully saturated rings. The highest BCUT2D eigenvalue weighted by atomic mass is 35.5. The van der Waals surface area contributed by atoms with Crippen LogP contribution in [0, 0.1) is 0 Å². The first kappa shape index (κ1) is 21.3. The first-order valence-electron chi connectivity index (χ1n) is 9.53. The number of carbonyl (C=O) groups is 1. The smallest absolute Gasteiger partial charge is 0.374 e. The summed E-state index contributed by atoms with van der Waals surface area (Å²) in [5, 5.41) is 0.359. The van der Waals surface area contributed by atoms with Crippen LogP contribution in [0.15, 0.2) is 64.1 Å². The molecule has 0 spiro atoms. The minimum absolute atomic E-state index is 0.0965. The van der Waals surface area contributed by atoms with Crippen molar-refractivity contribution in [2.45, 2.75) is 23.7 Å². The molecule has 2 heterocycles. The summed E-state index contributed by atoms with van der Waals surface area (Å²) in [6.45, 7) is 0.910. The van der Waals surface area contributed by atoms with Gasteiger partial charge < -0.3 is 18.6 Å². The van der Waals surface area contributed by atoms with E-state index in [2.05, 4.69) is 0 Å². The van der Waals surface area contributed by atoms with Gasteiger partial charge in [-0.3, -0.25) is 0 Å². The molecule has 31 heavy (non-hydrogen) atoms. The van der Waals surface area contributed by atoms with Crippen molar-refractivity contribution < 1.29 is 31.8 Å². The van der Waals surface area contributed by atoms with Gasteiger partial charge in [-0.2, -0.15) is 0 Å². The number of hydrogen-bond acceptors (Lipinski definition) is 7. The molecule has 1 aliphatic rings. The van der Waals surface area contributed by atoms with Crippen LogP contribution in [0.4, 0.5) is 0 Å². The lowest BCUT2D eigenvalue weighted by molar-refractivity contribution is 0.0434. The third kappa shape index (κ3) is 4.86. The van der Waals surface area contributed by atoms with Crippen molar-refractivity contribution in [1.29, 1.82) is 0 Å². The summed E-state index contributed by atoms with van der Waals surface area (Å²) in [7, 11) is -3.64. The molecule has 3 aromatic rings. The Bertz CT molecular complexity index is 1190. The molecule has 7 nitrogen and oxygen atoms in total.